The molecule has 0 radical (unpaired) electrons. The molecule has 0 rings (SSSR count). The van der Waals surface area contributed by atoms with Gasteiger partial charge in [0.15, 0.2) is 0 Å². The molecule has 0 aliphatic heterocycles. The van der Waals surface area contributed by atoms with Crippen LogP contribution in [0.15, 0.2) is 0 Å². The highest BCUT2D eigenvalue weighted by atomic mass is 32.2. The van der Waals surface area contributed by atoms with Gasteiger partial charge in [-0.05, 0) is 102 Å². The van der Waals surface area contributed by atoms with Crippen LogP contribution in [0.25, 0.3) is 0 Å². The minimum atomic E-state index is -0.701. The van der Waals surface area contributed by atoms with E-state index in [1.54, 1.807) is 0 Å². The van der Waals surface area contributed by atoms with Gasteiger partial charge in [0, 0.05) is 0 Å². The molecule has 232 valence electrons. The topological polar surface area (TPSA) is 52.6 Å². The average molecular weight is 571 g/mol. The maximum Gasteiger partial charge on any atom is 0.311 e. The summed E-state index contributed by atoms with van der Waals surface area (Å²) in [6.45, 7) is 21.2. The Morgan fingerprint density at radius 3 is 1.95 bits per heavy atom. The minimum absolute atomic E-state index is 0.223. The Morgan fingerprint density at radius 2 is 1.33 bits per heavy atom. The van der Waals surface area contributed by atoms with Gasteiger partial charge >= 0.3 is 11.9 Å². The summed E-state index contributed by atoms with van der Waals surface area (Å²) >= 11 is 2.11. The SMILES string of the molecule is CCCCCCC(CCCSCCCCCCOC(=O)C(C)(C)CC(C)C(=O)OC(C)(C)C)C(C)(C)CCC. The first kappa shape index (κ1) is 38.3. The van der Waals surface area contributed by atoms with Crippen LogP contribution in [0.4, 0.5) is 0 Å². The number of ether oxygens (including phenoxy) is 2. The highest BCUT2D eigenvalue weighted by molar-refractivity contribution is 7.99. The van der Waals surface area contributed by atoms with Crippen LogP contribution >= 0.6 is 11.8 Å². The van der Waals surface area contributed by atoms with Gasteiger partial charge < -0.3 is 9.47 Å². The number of hydrogen-bond acceptors (Lipinski definition) is 5. The van der Waals surface area contributed by atoms with Crippen LogP contribution in [0, 0.1) is 22.7 Å². The molecule has 5 heteroatoms. The molecule has 0 aromatic heterocycles. The fourth-order valence-corrected chi connectivity index (χ4v) is 6.46. The Labute approximate surface area is 247 Å². The van der Waals surface area contributed by atoms with Crippen molar-refractivity contribution in [3.63, 3.8) is 0 Å². The van der Waals surface area contributed by atoms with E-state index in [0.29, 0.717) is 18.4 Å². The van der Waals surface area contributed by atoms with Crippen LogP contribution in [0.5, 0.6) is 0 Å². The molecule has 0 heterocycles. The second kappa shape index (κ2) is 20.2. The van der Waals surface area contributed by atoms with Gasteiger partial charge in [-0.2, -0.15) is 11.8 Å². The maximum absolute atomic E-state index is 12.6. The van der Waals surface area contributed by atoms with Crippen LogP contribution < -0.4 is 0 Å². The molecule has 0 fully saturated rings. The molecule has 0 aliphatic carbocycles. The molecule has 0 spiro atoms. The first-order valence-corrected chi connectivity index (χ1v) is 17.3. The summed E-state index contributed by atoms with van der Waals surface area (Å²) < 4.78 is 11.0. The van der Waals surface area contributed by atoms with Gasteiger partial charge in [-0.25, -0.2) is 0 Å². The van der Waals surface area contributed by atoms with Gasteiger partial charge in [-0.1, -0.05) is 79.6 Å². The lowest BCUT2D eigenvalue weighted by Gasteiger charge is -2.35. The molecule has 4 nitrogen and oxygen atoms in total. The van der Waals surface area contributed by atoms with E-state index < -0.39 is 11.0 Å². The van der Waals surface area contributed by atoms with Gasteiger partial charge in [-0.3, -0.25) is 9.59 Å². The predicted molar refractivity (Wildman–Crippen MR) is 170 cm³/mol. The summed E-state index contributed by atoms with van der Waals surface area (Å²) in [6.07, 6.45) is 17.1. The fourth-order valence-electron chi connectivity index (χ4n) is 5.48. The van der Waals surface area contributed by atoms with Crippen LogP contribution in [0.1, 0.15) is 159 Å². The van der Waals surface area contributed by atoms with Crippen molar-refractivity contribution in [3.8, 4) is 0 Å². The van der Waals surface area contributed by atoms with E-state index in [0.717, 1.165) is 18.8 Å². The summed E-state index contributed by atoms with van der Waals surface area (Å²) in [5.74, 6) is 2.55. The van der Waals surface area contributed by atoms with Crippen LogP contribution in [-0.4, -0.2) is 35.7 Å². The summed E-state index contributed by atoms with van der Waals surface area (Å²) in [5, 5.41) is 0. The molecule has 39 heavy (non-hydrogen) atoms. The van der Waals surface area contributed by atoms with Crippen molar-refractivity contribution in [1.82, 2.24) is 0 Å². The quantitative estimate of drug-likeness (QED) is 0.0903. The molecule has 0 saturated heterocycles. The molecule has 0 N–H and O–H groups in total. The molecule has 2 unspecified atom stereocenters. The molecule has 2 atom stereocenters. The van der Waals surface area contributed by atoms with E-state index >= 15 is 0 Å². The van der Waals surface area contributed by atoms with Crippen LogP contribution in [-0.2, 0) is 19.1 Å². The zero-order valence-corrected chi connectivity index (χ0v) is 28.5. The largest absolute Gasteiger partial charge is 0.465 e. The molecule has 0 aliphatic rings. The Hall–Kier alpha value is -0.710. The van der Waals surface area contributed by atoms with Crippen molar-refractivity contribution in [2.45, 2.75) is 165 Å². The molecule has 0 bridgehead atoms. The number of rotatable bonds is 23. The summed E-state index contributed by atoms with van der Waals surface area (Å²) in [7, 11) is 0. The van der Waals surface area contributed by atoms with E-state index in [9.17, 15) is 9.59 Å². The third kappa shape index (κ3) is 19.1. The lowest BCUT2D eigenvalue weighted by atomic mass is 9.71. The molecule has 0 amide bonds. The maximum atomic E-state index is 12.6. The average Bonchev–Trinajstić information content (AvgIpc) is 2.82. The van der Waals surface area contributed by atoms with Gasteiger partial charge in [0.25, 0.3) is 0 Å². The number of carbonyl (C=O) groups excluding carboxylic acids is 2. The summed E-state index contributed by atoms with van der Waals surface area (Å²) in [5.41, 5.74) is -0.746. The van der Waals surface area contributed by atoms with Gasteiger partial charge in [0.2, 0.25) is 0 Å². The molecular formula is C34H66O4S. The number of hydrogen-bond donors (Lipinski definition) is 0. The fraction of sp³-hybridized carbons (Fsp3) is 0.941. The lowest BCUT2D eigenvalue weighted by Crippen LogP contribution is -2.34. The van der Waals surface area contributed by atoms with Crippen molar-refractivity contribution in [1.29, 1.82) is 0 Å². The van der Waals surface area contributed by atoms with Crippen LogP contribution in [0.3, 0.4) is 0 Å². The van der Waals surface area contributed by atoms with E-state index in [-0.39, 0.29) is 17.9 Å². The molecule has 0 aromatic rings. The third-order valence-electron chi connectivity index (χ3n) is 7.84. The van der Waals surface area contributed by atoms with E-state index in [1.807, 2.05) is 41.5 Å². The Kier molecular flexibility index (Phi) is 19.8. The Morgan fingerprint density at radius 1 is 0.744 bits per heavy atom. The normalized spacial score (nSPS) is 14.2. The Bertz CT molecular complexity index is 650. The zero-order valence-electron chi connectivity index (χ0n) is 27.7. The lowest BCUT2D eigenvalue weighted by molar-refractivity contribution is -0.163. The first-order valence-electron chi connectivity index (χ1n) is 16.1. The number of thioether (sulfide) groups is 1. The Balaban J connectivity index is 4.05. The monoisotopic (exact) mass is 570 g/mol. The van der Waals surface area contributed by atoms with E-state index in [1.165, 1.54) is 82.1 Å². The predicted octanol–water partition coefficient (Wildman–Crippen LogP) is 10.4. The molecule has 0 aromatic carbocycles. The van der Waals surface area contributed by atoms with Crippen molar-refractivity contribution < 1.29 is 19.1 Å². The number of unbranched alkanes of at least 4 members (excludes halogenated alkanes) is 6. The summed E-state index contributed by atoms with van der Waals surface area (Å²) in [6, 6.07) is 0. The van der Waals surface area contributed by atoms with E-state index in [2.05, 4.69) is 39.5 Å². The van der Waals surface area contributed by atoms with Gasteiger partial charge in [0.1, 0.15) is 5.60 Å². The van der Waals surface area contributed by atoms with Gasteiger partial charge in [0.05, 0.1) is 17.9 Å². The number of esters is 2. The highest BCUT2D eigenvalue weighted by Crippen LogP contribution is 2.38. The number of carbonyl (C=O) groups is 2. The molecular weight excluding hydrogens is 504 g/mol. The van der Waals surface area contributed by atoms with E-state index in [4.69, 9.17) is 9.47 Å². The standard InChI is InChI=1S/C34H66O4S/c1-11-13-14-17-21-29(33(7,8)23-12-2)22-20-26-39-25-19-16-15-18-24-37-31(36)34(9,10)27-28(3)30(35)38-32(4,5)6/h28-29H,11-27H2,1-10H3. The van der Waals surface area contributed by atoms with Gasteiger partial charge in [-0.15, -0.1) is 0 Å². The summed E-state index contributed by atoms with van der Waals surface area (Å²) in [4.78, 5) is 24.9. The second-order valence-corrected chi connectivity index (χ2v) is 15.3. The smallest absolute Gasteiger partial charge is 0.311 e. The first-order chi connectivity index (χ1) is 18.2. The highest BCUT2D eigenvalue weighted by Gasteiger charge is 2.35. The van der Waals surface area contributed by atoms with Crippen molar-refractivity contribution >= 4 is 23.7 Å². The van der Waals surface area contributed by atoms with Crippen LogP contribution in [0.2, 0.25) is 0 Å². The third-order valence-corrected chi connectivity index (χ3v) is 9.00. The minimum Gasteiger partial charge on any atom is -0.465 e. The van der Waals surface area contributed by atoms with Crippen molar-refractivity contribution in [3.05, 3.63) is 0 Å². The molecule has 0 saturated carbocycles. The zero-order chi connectivity index (χ0) is 30.0. The second-order valence-electron chi connectivity index (χ2n) is 14.1. The van der Waals surface area contributed by atoms with Crippen molar-refractivity contribution in [2.24, 2.45) is 22.7 Å². The van der Waals surface area contributed by atoms with Crippen molar-refractivity contribution in [2.75, 3.05) is 18.1 Å².